The summed E-state index contributed by atoms with van der Waals surface area (Å²) in [4.78, 5) is 13.9. The molecule has 0 saturated carbocycles. The number of likely N-dealkylation sites (tertiary alicyclic amines) is 1. The second-order valence-electron chi connectivity index (χ2n) is 6.67. The smallest absolute Gasteiger partial charge is 0.410 e. The first-order chi connectivity index (χ1) is 9.69. The molecular weight excluding hydrogens is 336 g/mol. The highest BCUT2D eigenvalue weighted by molar-refractivity contribution is 9.10. The van der Waals surface area contributed by atoms with E-state index < -0.39 is 5.60 Å². The van der Waals surface area contributed by atoms with Gasteiger partial charge in [-0.2, -0.15) is 0 Å². The van der Waals surface area contributed by atoms with Crippen molar-refractivity contribution in [2.45, 2.75) is 52.7 Å². The number of hydrogen-bond donors (Lipinski definition) is 0. The largest absolute Gasteiger partial charge is 0.444 e. The summed E-state index contributed by atoms with van der Waals surface area (Å²) in [6, 6.07) is 0.266. The normalized spacial score (nSPS) is 23.2. The zero-order valence-corrected chi connectivity index (χ0v) is 14.8. The lowest BCUT2D eigenvalue weighted by atomic mass is 9.94. The van der Waals surface area contributed by atoms with Gasteiger partial charge in [0, 0.05) is 13.1 Å². The molecule has 1 aromatic heterocycles. The van der Waals surface area contributed by atoms with Gasteiger partial charge in [0.05, 0.1) is 11.7 Å². The van der Waals surface area contributed by atoms with Crippen LogP contribution in [0.1, 0.15) is 45.9 Å². The van der Waals surface area contributed by atoms with Crippen molar-refractivity contribution in [2.24, 2.45) is 5.92 Å². The van der Waals surface area contributed by atoms with Crippen molar-refractivity contribution in [3.05, 3.63) is 10.3 Å². The molecule has 2 atom stereocenters. The van der Waals surface area contributed by atoms with Crippen LogP contribution in [0, 0.1) is 12.8 Å². The van der Waals surface area contributed by atoms with E-state index in [0.717, 1.165) is 16.7 Å². The Morgan fingerprint density at radius 1 is 1.43 bits per heavy atom. The van der Waals surface area contributed by atoms with E-state index in [1.165, 1.54) is 0 Å². The Kier molecular flexibility index (Phi) is 4.60. The summed E-state index contributed by atoms with van der Waals surface area (Å²) in [5.41, 5.74) is 0.572. The fraction of sp³-hybridized carbons (Fsp3) is 0.786. The van der Waals surface area contributed by atoms with E-state index in [9.17, 15) is 4.79 Å². The number of hydrogen-bond acceptors (Lipinski definition) is 4. The number of rotatable bonds is 1. The van der Waals surface area contributed by atoms with Crippen LogP contribution in [-0.2, 0) is 4.74 Å². The standard InChI is InChI=1S/C14H23BrN4O2/c1-9-8-18(13(20)21-14(3,4)5)7-6-11(9)19-10(2)12(15)16-17-19/h9,11H,6-8H2,1-5H3/t9-,11+/m1/s1. The van der Waals surface area contributed by atoms with E-state index in [1.54, 1.807) is 4.90 Å². The maximum absolute atomic E-state index is 12.1. The van der Waals surface area contributed by atoms with Crippen molar-refractivity contribution in [3.8, 4) is 0 Å². The topological polar surface area (TPSA) is 60.2 Å². The first kappa shape index (κ1) is 16.3. The molecular formula is C14H23BrN4O2. The molecule has 1 saturated heterocycles. The number of nitrogens with zero attached hydrogens (tertiary/aromatic N) is 4. The molecule has 1 aliphatic heterocycles. The molecule has 0 aromatic carbocycles. The van der Waals surface area contributed by atoms with E-state index in [-0.39, 0.29) is 12.1 Å². The fourth-order valence-corrected chi connectivity index (χ4v) is 2.88. The van der Waals surface area contributed by atoms with Gasteiger partial charge >= 0.3 is 6.09 Å². The fourth-order valence-electron chi connectivity index (χ4n) is 2.63. The van der Waals surface area contributed by atoms with Gasteiger partial charge in [-0.05, 0) is 56.0 Å². The van der Waals surface area contributed by atoms with Crippen molar-refractivity contribution in [2.75, 3.05) is 13.1 Å². The van der Waals surface area contributed by atoms with Gasteiger partial charge in [0.1, 0.15) is 5.60 Å². The summed E-state index contributed by atoms with van der Waals surface area (Å²) in [5.74, 6) is 0.304. The van der Waals surface area contributed by atoms with Gasteiger partial charge in [-0.15, -0.1) is 5.10 Å². The van der Waals surface area contributed by atoms with Crippen LogP contribution in [0.2, 0.25) is 0 Å². The second kappa shape index (κ2) is 5.94. The molecule has 2 rings (SSSR count). The van der Waals surface area contributed by atoms with Gasteiger partial charge in [0.25, 0.3) is 0 Å². The summed E-state index contributed by atoms with van der Waals surface area (Å²) in [6.45, 7) is 11.1. The zero-order chi connectivity index (χ0) is 15.8. The number of piperidine rings is 1. The van der Waals surface area contributed by atoms with Gasteiger partial charge in [-0.25, -0.2) is 9.48 Å². The number of amides is 1. The molecule has 0 bridgehead atoms. The van der Waals surface area contributed by atoms with Crippen LogP contribution in [-0.4, -0.2) is 44.7 Å². The van der Waals surface area contributed by atoms with Crippen LogP contribution in [0.25, 0.3) is 0 Å². The van der Waals surface area contributed by atoms with Gasteiger partial charge < -0.3 is 9.64 Å². The summed E-state index contributed by atoms with van der Waals surface area (Å²) in [5, 5.41) is 8.26. The number of ether oxygens (including phenoxy) is 1. The quantitative estimate of drug-likeness (QED) is 0.773. The third-order valence-electron chi connectivity index (χ3n) is 3.70. The SMILES string of the molecule is Cc1c(Br)nnn1[C@H]1CCN(C(=O)OC(C)(C)C)C[C@H]1C. The van der Waals surface area contributed by atoms with Crippen molar-refractivity contribution < 1.29 is 9.53 Å². The molecule has 0 unspecified atom stereocenters. The third kappa shape index (κ3) is 3.75. The molecule has 0 radical (unpaired) electrons. The molecule has 1 aliphatic rings. The van der Waals surface area contributed by atoms with E-state index in [4.69, 9.17) is 4.74 Å². The van der Waals surface area contributed by atoms with Crippen molar-refractivity contribution in [1.29, 1.82) is 0 Å². The Labute approximate surface area is 134 Å². The van der Waals surface area contributed by atoms with Gasteiger partial charge in [-0.3, -0.25) is 0 Å². The Morgan fingerprint density at radius 2 is 2.10 bits per heavy atom. The lowest BCUT2D eigenvalue weighted by molar-refractivity contribution is 0.0116. The summed E-state index contributed by atoms with van der Waals surface area (Å²) >= 11 is 3.39. The van der Waals surface area contributed by atoms with Crippen molar-refractivity contribution in [1.82, 2.24) is 19.9 Å². The molecule has 2 heterocycles. The summed E-state index contributed by atoms with van der Waals surface area (Å²) in [7, 11) is 0. The Morgan fingerprint density at radius 3 is 2.57 bits per heavy atom. The molecule has 0 aliphatic carbocycles. The zero-order valence-electron chi connectivity index (χ0n) is 13.3. The molecule has 0 N–H and O–H groups in total. The summed E-state index contributed by atoms with van der Waals surface area (Å²) in [6.07, 6.45) is 0.626. The number of carbonyl (C=O) groups is 1. The lowest BCUT2D eigenvalue weighted by Crippen LogP contribution is -2.45. The van der Waals surface area contributed by atoms with Crippen molar-refractivity contribution in [3.63, 3.8) is 0 Å². The highest BCUT2D eigenvalue weighted by Crippen LogP contribution is 2.30. The van der Waals surface area contributed by atoms with Gasteiger partial charge in [0.2, 0.25) is 0 Å². The maximum Gasteiger partial charge on any atom is 0.410 e. The third-order valence-corrected chi connectivity index (χ3v) is 4.43. The number of carbonyl (C=O) groups excluding carboxylic acids is 1. The lowest BCUT2D eigenvalue weighted by Gasteiger charge is -2.37. The highest BCUT2D eigenvalue weighted by atomic mass is 79.9. The van der Waals surface area contributed by atoms with E-state index in [0.29, 0.717) is 19.0 Å². The van der Waals surface area contributed by atoms with E-state index in [1.807, 2.05) is 32.4 Å². The maximum atomic E-state index is 12.1. The number of halogens is 1. The molecule has 1 amide bonds. The monoisotopic (exact) mass is 358 g/mol. The first-order valence-electron chi connectivity index (χ1n) is 7.24. The van der Waals surface area contributed by atoms with Crippen LogP contribution in [0.4, 0.5) is 4.79 Å². The molecule has 0 spiro atoms. The van der Waals surface area contributed by atoms with E-state index >= 15 is 0 Å². The van der Waals surface area contributed by atoms with Gasteiger partial charge in [0.15, 0.2) is 4.60 Å². The van der Waals surface area contributed by atoms with Crippen LogP contribution in [0.5, 0.6) is 0 Å². The summed E-state index contributed by atoms with van der Waals surface area (Å²) < 4.78 is 8.18. The minimum absolute atomic E-state index is 0.232. The number of aromatic nitrogens is 3. The minimum atomic E-state index is -0.454. The van der Waals surface area contributed by atoms with E-state index in [2.05, 4.69) is 33.2 Å². The second-order valence-corrected chi connectivity index (χ2v) is 7.42. The Balaban J connectivity index is 2.02. The van der Waals surface area contributed by atoms with Gasteiger partial charge in [-0.1, -0.05) is 12.1 Å². The predicted octanol–water partition coefficient (Wildman–Crippen LogP) is 3.17. The van der Waals surface area contributed by atoms with Crippen molar-refractivity contribution >= 4 is 22.0 Å². The molecule has 21 heavy (non-hydrogen) atoms. The van der Waals surface area contributed by atoms with Crippen LogP contribution >= 0.6 is 15.9 Å². The molecule has 1 aromatic rings. The molecule has 118 valence electrons. The minimum Gasteiger partial charge on any atom is -0.444 e. The Bertz CT molecular complexity index is 524. The van der Waals surface area contributed by atoms with Crippen LogP contribution in [0.15, 0.2) is 4.60 Å². The molecule has 1 fully saturated rings. The molecule has 6 nitrogen and oxygen atoms in total. The average Bonchev–Trinajstić information content (AvgIpc) is 2.68. The predicted molar refractivity (Wildman–Crippen MR) is 83.1 cm³/mol. The van der Waals surface area contributed by atoms with Crippen LogP contribution in [0.3, 0.4) is 0 Å². The average molecular weight is 359 g/mol. The Hall–Kier alpha value is -1.11. The van der Waals surface area contributed by atoms with Crippen LogP contribution < -0.4 is 0 Å². The first-order valence-corrected chi connectivity index (χ1v) is 8.03. The molecule has 7 heteroatoms. The highest BCUT2D eigenvalue weighted by Gasteiger charge is 2.33.